The molecule has 1 aliphatic carbocycles. The monoisotopic (exact) mass is 185 g/mol. The molecule has 1 unspecified atom stereocenters. The molecule has 0 bridgehead atoms. The molecule has 0 heterocycles. The normalized spacial score (nSPS) is 19.4. The van der Waals surface area contributed by atoms with E-state index in [1.165, 1.54) is 32.2 Å². The third-order valence-electron chi connectivity index (χ3n) is 2.70. The van der Waals surface area contributed by atoms with Crippen molar-refractivity contribution in [2.45, 2.75) is 58.1 Å². The van der Waals surface area contributed by atoms with Gasteiger partial charge in [-0.1, -0.05) is 13.3 Å². The number of rotatable bonds is 7. The maximum absolute atomic E-state index is 9.20. The summed E-state index contributed by atoms with van der Waals surface area (Å²) in [4.78, 5) is 2.55. The van der Waals surface area contributed by atoms with E-state index in [9.17, 15) is 5.11 Å². The number of hydrogen-bond acceptors (Lipinski definition) is 2. The molecular weight excluding hydrogens is 162 g/mol. The second-order valence-electron chi connectivity index (χ2n) is 4.26. The minimum Gasteiger partial charge on any atom is -0.393 e. The molecular formula is C11H23NO. The lowest BCUT2D eigenvalue weighted by atomic mass is 10.2. The van der Waals surface area contributed by atoms with Crippen molar-refractivity contribution in [2.75, 3.05) is 13.1 Å². The molecule has 0 aromatic carbocycles. The van der Waals surface area contributed by atoms with Crippen LogP contribution in [0, 0.1) is 0 Å². The predicted octanol–water partition coefficient (Wildman–Crippen LogP) is 2.02. The summed E-state index contributed by atoms with van der Waals surface area (Å²) in [6, 6.07) is 0.852. The van der Waals surface area contributed by atoms with Crippen LogP contribution >= 0.6 is 0 Å². The SMILES string of the molecule is CCCCN(CCC(C)O)C1CC1. The highest BCUT2D eigenvalue weighted by Crippen LogP contribution is 2.27. The zero-order valence-corrected chi connectivity index (χ0v) is 9.00. The minimum atomic E-state index is -0.136. The Balaban J connectivity index is 2.13. The molecule has 2 heteroatoms. The summed E-state index contributed by atoms with van der Waals surface area (Å²) in [6.07, 6.45) is 6.13. The van der Waals surface area contributed by atoms with Gasteiger partial charge in [0, 0.05) is 12.6 Å². The number of aliphatic hydroxyl groups is 1. The maximum Gasteiger partial charge on any atom is 0.0524 e. The van der Waals surface area contributed by atoms with Crippen LogP contribution in [0.4, 0.5) is 0 Å². The third-order valence-corrected chi connectivity index (χ3v) is 2.70. The van der Waals surface area contributed by atoms with Crippen molar-refractivity contribution in [3.8, 4) is 0 Å². The van der Waals surface area contributed by atoms with Crippen LogP contribution in [0.25, 0.3) is 0 Å². The van der Waals surface area contributed by atoms with E-state index in [0.717, 1.165) is 19.0 Å². The van der Waals surface area contributed by atoms with Crippen molar-refractivity contribution < 1.29 is 5.11 Å². The summed E-state index contributed by atoms with van der Waals surface area (Å²) in [6.45, 7) is 6.43. The number of nitrogens with zero attached hydrogens (tertiary/aromatic N) is 1. The van der Waals surface area contributed by atoms with E-state index in [-0.39, 0.29) is 6.10 Å². The molecule has 0 amide bonds. The van der Waals surface area contributed by atoms with E-state index in [1.807, 2.05) is 6.92 Å². The van der Waals surface area contributed by atoms with Crippen molar-refractivity contribution in [2.24, 2.45) is 0 Å². The molecule has 2 nitrogen and oxygen atoms in total. The molecule has 1 N–H and O–H groups in total. The Labute approximate surface area is 81.9 Å². The first-order valence-corrected chi connectivity index (χ1v) is 5.66. The molecule has 1 saturated carbocycles. The van der Waals surface area contributed by atoms with Crippen LogP contribution in [0.2, 0.25) is 0 Å². The third kappa shape index (κ3) is 4.63. The van der Waals surface area contributed by atoms with Crippen LogP contribution in [0.3, 0.4) is 0 Å². The van der Waals surface area contributed by atoms with Crippen molar-refractivity contribution in [3.05, 3.63) is 0 Å². The van der Waals surface area contributed by atoms with Crippen molar-refractivity contribution in [1.82, 2.24) is 4.90 Å². The second kappa shape index (κ2) is 5.61. The molecule has 13 heavy (non-hydrogen) atoms. The van der Waals surface area contributed by atoms with Gasteiger partial charge in [0.1, 0.15) is 0 Å². The molecule has 0 saturated heterocycles. The highest BCUT2D eigenvalue weighted by molar-refractivity contribution is 4.84. The van der Waals surface area contributed by atoms with Crippen LogP contribution in [0.15, 0.2) is 0 Å². The Morgan fingerprint density at radius 1 is 1.38 bits per heavy atom. The molecule has 0 radical (unpaired) electrons. The highest BCUT2D eigenvalue weighted by atomic mass is 16.3. The summed E-state index contributed by atoms with van der Waals surface area (Å²) in [5.41, 5.74) is 0. The van der Waals surface area contributed by atoms with Gasteiger partial charge in [-0.2, -0.15) is 0 Å². The standard InChI is InChI=1S/C11H23NO/c1-3-4-8-12(11-5-6-11)9-7-10(2)13/h10-11,13H,3-9H2,1-2H3. The summed E-state index contributed by atoms with van der Waals surface area (Å²) in [5.74, 6) is 0. The van der Waals surface area contributed by atoms with Gasteiger partial charge in [-0.15, -0.1) is 0 Å². The van der Waals surface area contributed by atoms with Gasteiger partial charge in [-0.05, 0) is 39.2 Å². The lowest BCUT2D eigenvalue weighted by molar-refractivity contribution is 0.152. The predicted molar refractivity (Wildman–Crippen MR) is 55.8 cm³/mol. The van der Waals surface area contributed by atoms with Gasteiger partial charge in [0.25, 0.3) is 0 Å². The lowest BCUT2D eigenvalue weighted by Gasteiger charge is -2.22. The van der Waals surface area contributed by atoms with Gasteiger partial charge >= 0.3 is 0 Å². The Morgan fingerprint density at radius 3 is 2.54 bits per heavy atom. The topological polar surface area (TPSA) is 23.5 Å². The van der Waals surface area contributed by atoms with Gasteiger partial charge in [-0.25, -0.2) is 0 Å². The fourth-order valence-corrected chi connectivity index (χ4v) is 1.63. The Kier molecular flexibility index (Phi) is 4.74. The molecule has 78 valence electrons. The molecule has 1 fully saturated rings. The molecule has 1 rings (SSSR count). The Hall–Kier alpha value is -0.0800. The first-order chi connectivity index (χ1) is 6.24. The number of unbranched alkanes of at least 4 members (excludes halogenated alkanes) is 1. The van der Waals surface area contributed by atoms with E-state index in [1.54, 1.807) is 0 Å². The van der Waals surface area contributed by atoms with Gasteiger partial charge in [-0.3, -0.25) is 0 Å². The summed E-state index contributed by atoms with van der Waals surface area (Å²) < 4.78 is 0. The fourth-order valence-electron chi connectivity index (χ4n) is 1.63. The van der Waals surface area contributed by atoms with E-state index in [4.69, 9.17) is 0 Å². The first-order valence-electron chi connectivity index (χ1n) is 5.66. The quantitative estimate of drug-likeness (QED) is 0.656. The molecule has 0 aromatic rings. The van der Waals surface area contributed by atoms with Crippen LogP contribution in [0.1, 0.15) is 46.0 Å². The zero-order chi connectivity index (χ0) is 9.68. The van der Waals surface area contributed by atoms with Gasteiger partial charge in [0.15, 0.2) is 0 Å². The second-order valence-corrected chi connectivity index (χ2v) is 4.26. The molecule has 1 aliphatic rings. The zero-order valence-electron chi connectivity index (χ0n) is 9.00. The van der Waals surface area contributed by atoms with Crippen LogP contribution in [-0.2, 0) is 0 Å². The van der Waals surface area contributed by atoms with Crippen molar-refractivity contribution in [1.29, 1.82) is 0 Å². The highest BCUT2D eigenvalue weighted by Gasteiger charge is 2.27. The Morgan fingerprint density at radius 2 is 2.08 bits per heavy atom. The van der Waals surface area contributed by atoms with Crippen LogP contribution in [-0.4, -0.2) is 35.2 Å². The largest absolute Gasteiger partial charge is 0.393 e. The summed E-state index contributed by atoms with van der Waals surface area (Å²) in [5, 5.41) is 9.20. The maximum atomic E-state index is 9.20. The van der Waals surface area contributed by atoms with Crippen LogP contribution < -0.4 is 0 Å². The van der Waals surface area contributed by atoms with Crippen molar-refractivity contribution in [3.63, 3.8) is 0 Å². The van der Waals surface area contributed by atoms with E-state index in [0.29, 0.717) is 0 Å². The summed E-state index contributed by atoms with van der Waals surface area (Å²) in [7, 11) is 0. The summed E-state index contributed by atoms with van der Waals surface area (Å²) >= 11 is 0. The van der Waals surface area contributed by atoms with Gasteiger partial charge in [0.05, 0.1) is 6.10 Å². The van der Waals surface area contributed by atoms with E-state index < -0.39 is 0 Å². The Bertz CT molecular complexity index is 132. The molecule has 0 aliphatic heterocycles. The van der Waals surface area contributed by atoms with E-state index >= 15 is 0 Å². The molecule has 0 spiro atoms. The van der Waals surface area contributed by atoms with Gasteiger partial charge in [0.2, 0.25) is 0 Å². The van der Waals surface area contributed by atoms with E-state index in [2.05, 4.69) is 11.8 Å². The smallest absolute Gasteiger partial charge is 0.0524 e. The first kappa shape index (κ1) is 11.0. The fraction of sp³-hybridized carbons (Fsp3) is 1.00. The van der Waals surface area contributed by atoms with Gasteiger partial charge < -0.3 is 10.0 Å². The van der Waals surface area contributed by atoms with Crippen molar-refractivity contribution >= 4 is 0 Å². The number of hydrogen-bond donors (Lipinski definition) is 1. The number of aliphatic hydroxyl groups excluding tert-OH is 1. The molecule has 1 atom stereocenters. The van der Waals surface area contributed by atoms with Crippen LogP contribution in [0.5, 0.6) is 0 Å². The average Bonchev–Trinajstić information content (AvgIpc) is 2.87. The minimum absolute atomic E-state index is 0.136. The average molecular weight is 185 g/mol. The molecule has 0 aromatic heterocycles. The lowest BCUT2D eigenvalue weighted by Crippen LogP contribution is -2.30.